The molecule has 0 aliphatic heterocycles. The number of hydrogen-bond donors (Lipinski definition) is 2. The fourth-order valence-electron chi connectivity index (χ4n) is 1.80. The Morgan fingerprint density at radius 1 is 1.25 bits per heavy atom. The Morgan fingerprint density at radius 2 is 2.00 bits per heavy atom. The summed E-state index contributed by atoms with van der Waals surface area (Å²) in [4.78, 5) is 11.6. The van der Waals surface area contributed by atoms with Crippen molar-refractivity contribution in [3.05, 3.63) is 53.8 Å². The molecule has 1 amide bonds. The van der Waals surface area contributed by atoms with Gasteiger partial charge in [0.2, 0.25) is 0 Å². The highest BCUT2D eigenvalue weighted by atomic mass is 19.1. The van der Waals surface area contributed by atoms with Gasteiger partial charge in [-0.1, -0.05) is 6.07 Å². The van der Waals surface area contributed by atoms with Gasteiger partial charge in [-0.05, 0) is 43.3 Å². The molecule has 0 bridgehead atoms. The molecule has 0 aliphatic rings. The first-order chi connectivity index (χ1) is 11.6. The predicted molar refractivity (Wildman–Crippen MR) is 86.9 cm³/mol. The summed E-state index contributed by atoms with van der Waals surface area (Å²) >= 11 is 0. The van der Waals surface area contributed by atoms with Crippen LogP contribution in [0.25, 0.3) is 0 Å². The van der Waals surface area contributed by atoms with Crippen molar-refractivity contribution in [3.63, 3.8) is 0 Å². The number of para-hydroxylation sites is 1. The van der Waals surface area contributed by atoms with Gasteiger partial charge in [0, 0.05) is 5.56 Å². The van der Waals surface area contributed by atoms with E-state index in [-0.39, 0.29) is 18.2 Å². The van der Waals surface area contributed by atoms with Gasteiger partial charge in [0.05, 0.1) is 12.8 Å². The SMILES string of the molecule is CCOc1cccc(/C=N/NC(=O)COc2ccc(F)cc2)c1O. The van der Waals surface area contributed by atoms with Crippen molar-refractivity contribution < 1.29 is 23.8 Å². The lowest BCUT2D eigenvalue weighted by Crippen LogP contribution is -2.24. The van der Waals surface area contributed by atoms with Crippen LogP contribution in [-0.4, -0.2) is 30.4 Å². The van der Waals surface area contributed by atoms with Crippen LogP contribution >= 0.6 is 0 Å². The van der Waals surface area contributed by atoms with Crippen molar-refractivity contribution in [2.24, 2.45) is 5.10 Å². The average Bonchev–Trinajstić information content (AvgIpc) is 2.58. The van der Waals surface area contributed by atoms with Crippen molar-refractivity contribution in [2.45, 2.75) is 6.92 Å². The summed E-state index contributed by atoms with van der Waals surface area (Å²) in [7, 11) is 0. The molecule has 2 rings (SSSR count). The Morgan fingerprint density at radius 3 is 2.71 bits per heavy atom. The second-order valence-corrected chi connectivity index (χ2v) is 4.66. The van der Waals surface area contributed by atoms with Crippen LogP contribution in [-0.2, 0) is 4.79 Å². The third-order valence-electron chi connectivity index (χ3n) is 2.91. The van der Waals surface area contributed by atoms with Gasteiger partial charge in [-0.2, -0.15) is 5.10 Å². The number of nitrogens with one attached hydrogen (secondary N) is 1. The molecule has 2 aromatic carbocycles. The zero-order chi connectivity index (χ0) is 17.4. The van der Waals surface area contributed by atoms with Gasteiger partial charge in [0.15, 0.2) is 18.1 Å². The molecule has 126 valence electrons. The van der Waals surface area contributed by atoms with Crippen LogP contribution in [0.2, 0.25) is 0 Å². The van der Waals surface area contributed by atoms with E-state index < -0.39 is 5.91 Å². The highest BCUT2D eigenvalue weighted by Crippen LogP contribution is 2.28. The maximum Gasteiger partial charge on any atom is 0.277 e. The monoisotopic (exact) mass is 332 g/mol. The maximum atomic E-state index is 12.7. The van der Waals surface area contributed by atoms with E-state index >= 15 is 0 Å². The molecule has 0 radical (unpaired) electrons. The van der Waals surface area contributed by atoms with E-state index in [9.17, 15) is 14.3 Å². The van der Waals surface area contributed by atoms with E-state index in [1.807, 2.05) is 6.92 Å². The molecule has 0 fully saturated rings. The number of nitrogens with zero attached hydrogens (tertiary/aromatic N) is 1. The van der Waals surface area contributed by atoms with E-state index in [0.29, 0.717) is 23.7 Å². The first-order valence-corrected chi connectivity index (χ1v) is 7.25. The number of phenols is 1. The summed E-state index contributed by atoms with van der Waals surface area (Å²) in [6.07, 6.45) is 1.30. The molecule has 0 saturated heterocycles. The van der Waals surface area contributed by atoms with Gasteiger partial charge in [-0.25, -0.2) is 9.82 Å². The summed E-state index contributed by atoms with van der Waals surface area (Å²) < 4.78 is 23.2. The number of phenolic OH excluding ortho intramolecular Hbond substituents is 1. The number of rotatable bonds is 7. The van der Waals surface area contributed by atoms with Crippen LogP contribution in [0.3, 0.4) is 0 Å². The smallest absolute Gasteiger partial charge is 0.277 e. The van der Waals surface area contributed by atoms with Crippen LogP contribution in [0.15, 0.2) is 47.6 Å². The molecule has 6 nitrogen and oxygen atoms in total. The minimum atomic E-state index is -0.490. The number of carbonyl (C=O) groups is 1. The number of carbonyl (C=O) groups excluding carboxylic acids is 1. The van der Waals surface area contributed by atoms with Gasteiger partial charge in [-0.15, -0.1) is 0 Å². The lowest BCUT2D eigenvalue weighted by atomic mass is 10.2. The zero-order valence-corrected chi connectivity index (χ0v) is 13.0. The second kappa shape index (κ2) is 8.52. The van der Waals surface area contributed by atoms with Gasteiger partial charge < -0.3 is 14.6 Å². The number of ether oxygens (including phenoxy) is 2. The number of aromatic hydroxyl groups is 1. The number of hydrogen-bond acceptors (Lipinski definition) is 5. The Balaban J connectivity index is 1.86. The summed E-state index contributed by atoms with van der Waals surface area (Å²) in [5.74, 6) is -0.216. The van der Waals surface area contributed by atoms with Crippen LogP contribution in [0.4, 0.5) is 4.39 Å². The van der Waals surface area contributed by atoms with Crippen molar-refractivity contribution in [1.82, 2.24) is 5.43 Å². The Hall–Kier alpha value is -3.09. The highest BCUT2D eigenvalue weighted by molar-refractivity contribution is 5.86. The zero-order valence-electron chi connectivity index (χ0n) is 13.0. The van der Waals surface area contributed by atoms with Gasteiger partial charge >= 0.3 is 0 Å². The summed E-state index contributed by atoms with van der Waals surface area (Å²) in [6, 6.07) is 10.3. The minimum absolute atomic E-state index is 0.0556. The van der Waals surface area contributed by atoms with Crippen LogP contribution < -0.4 is 14.9 Å². The molecule has 0 heterocycles. The third kappa shape index (κ3) is 4.98. The quantitative estimate of drug-likeness (QED) is 0.603. The maximum absolute atomic E-state index is 12.7. The Labute approximate surface area is 138 Å². The lowest BCUT2D eigenvalue weighted by Gasteiger charge is -2.07. The highest BCUT2D eigenvalue weighted by Gasteiger charge is 2.06. The van der Waals surface area contributed by atoms with Crippen molar-refractivity contribution in [1.29, 1.82) is 0 Å². The normalized spacial score (nSPS) is 10.6. The molecule has 0 saturated carbocycles. The Bertz CT molecular complexity index is 717. The standard InChI is InChI=1S/C17H17FN2O4/c1-2-23-15-5-3-4-12(17(15)22)10-19-20-16(21)11-24-14-8-6-13(18)7-9-14/h3-10,22H,2,11H2,1H3,(H,20,21)/b19-10+. The van der Waals surface area contributed by atoms with Crippen molar-refractivity contribution in [3.8, 4) is 17.2 Å². The topological polar surface area (TPSA) is 80.2 Å². The first kappa shape index (κ1) is 17.3. The van der Waals surface area contributed by atoms with E-state index in [0.717, 1.165) is 0 Å². The minimum Gasteiger partial charge on any atom is -0.504 e. The molecule has 0 aliphatic carbocycles. The molecule has 0 aromatic heterocycles. The molecular weight excluding hydrogens is 315 g/mol. The van der Waals surface area contributed by atoms with E-state index in [2.05, 4.69) is 10.5 Å². The predicted octanol–water partition coefficient (Wildman–Crippen LogP) is 2.46. The third-order valence-corrected chi connectivity index (χ3v) is 2.91. The molecule has 0 spiro atoms. The lowest BCUT2D eigenvalue weighted by molar-refractivity contribution is -0.123. The first-order valence-electron chi connectivity index (χ1n) is 7.25. The van der Waals surface area contributed by atoms with Crippen LogP contribution in [0.1, 0.15) is 12.5 Å². The number of benzene rings is 2. The summed E-state index contributed by atoms with van der Waals surface area (Å²) in [5, 5.41) is 13.7. The van der Waals surface area contributed by atoms with Crippen LogP contribution in [0, 0.1) is 5.82 Å². The number of amides is 1. The van der Waals surface area contributed by atoms with Crippen molar-refractivity contribution in [2.75, 3.05) is 13.2 Å². The van der Waals surface area contributed by atoms with Crippen molar-refractivity contribution >= 4 is 12.1 Å². The molecule has 0 unspecified atom stereocenters. The van der Waals surface area contributed by atoms with E-state index in [1.54, 1.807) is 18.2 Å². The average molecular weight is 332 g/mol. The molecule has 24 heavy (non-hydrogen) atoms. The van der Waals surface area contributed by atoms with Gasteiger partial charge in [0.25, 0.3) is 5.91 Å². The summed E-state index contributed by atoms with van der Waals surface area (Å²) in [6.45, 7) is 1.96. The molecule has 2 aromatic rings. The van der Waals surface area contributed by atoms with Gasteiger partial charge in [0.1, 0.15) is 11.6 Å². The molecule has 2 N–H and O–H groups in total. The largest absolute Gasteiger partial charge is 0.504 e. The molecular formula is C17H17FN2O4. The van der Waals surface area contributed by atoms with Crippen LogP contribution in [0.5, 0.6) is 17.2 Å². The fourth-order valence-corrected chi connectivity index (χ4v) is 1.80. The van der Waals surface area contributed by atoms with Gasteiger partial charge in [-0.3, -0.25) is 4.79 Å². The number of hydrazone groups is 1. The second-order valence-electron chi connectivity index (χ2n) is 4.66. The van der Waals surface area contributed by atoms with E-state index in [1.165, 1.54) is 30.5 Å². The van der Waals surface area contributed by atoms with E-state index in [4.69, 9.17) is 9.47 Å². The number of halogens is 1. The summed E-state index contributed by atoms with van der Waals surface area (Å²) in [5.41, 5.74) is 2.67. The fraction of sp³-hybridized carbons (Fsp3) is 0.176. The molecule has 0 atom stereocenters. The molecule has 7 heteroatoms. The Kier molecular flexibility index (Phi) is 6.13.